The number of carbonyl (C=O) groups excluding carboxylic acids is 1. The Hall–Kier alpha value is -2.63. The van der Waals surface area contributed by atoms with Crippen molar-refractivity contribution >= 4 is 17.5 Å². The highest BCUT2D eigenvalue weighted by Crippen LogP contribution is 2.31. The average Bonchev–Trinajstić information content (AvgIpc) is 3.41. The van der Waals surface area contributed by atoms with Gasteiger partial charge in [-0.15, -0.1) is 0 Å². The summed E-state index contributed by atoms with van der Waals surface area (Å²) in [6.45, 7) is 1.11. The SMILES string of the molecule is O=C(NCCc1ccc(Cl)cc1)C1(Cc2cc(-c3ccccc3)no2)CCCO1. The summed E-state index contributed by atoms with van der Waals surface area (Å²) < 4.78 is 11.4. The van der Waals surface area contributed by atoms with Crippen molar-refractivity contribution in [2.75, 3.05) is 13.2 Å². The van der Waals surface area contributed by atoms with Gasteiger partial charge in [0.2, 0.25) is 0 Å². The van der Waals surface area contributed by atoms with Crippen LogP contribution in [0.2, 0.25) is 5.02 Å². The Morgan fingerprint density at radius 2 is 1.93 bits per heavy atom. The van der Waals surface area contributed by atoms with Gasteiger partial charge in [-0.05, 0) is 37.0 Å². The predicted octanol–water partition coefficient (Wildman–Crippen LogP) is 4.45. The minimum absolute atomic E-state index is 0.0957. The van der Waals surface area contributed by atoms with Crippen molar-refractivity contribution in [3.8, 4) is 11.3 Å². The van der Waals surface area contributed by atoms with Gasteiger partial charge in [-0.3, -0.25) is 4.79 Å². The second-order valence-corrected chi connectivity index (χ2v) is 7.74. The van der Waals surface area contributed by atoms with E-state index in [0.29, 0.717) is 36.8 Å². The Kier molecular flexibility index (Phi) is 5.97. The van der Waals surface area contributed by atoms with Crippen LogP contribution < -0.4 is 5.32 Å². The van der Waals surface area contributed by atoms with Crippen LogP contribution in [0.25, 0.3) is 11.3 Å². The number of rotatable bonds is 7. The minimum Gasteiger partial charge on any atom is -0.365 e. The zero-order valence-electron chi connectivity index (χ0n) is 16.1. The van der Waals surface area contributed by atoms with E-state index in [0.717, 1.165) is 29.7 Å². The van der Waals surface area contributed by atoms with Crippen molar-refractivity contribution in [1.82, 2.24) is 10.5 Å². The number of nitrogens with one attached hydrogen (secondary N) is 1. The fraction of sp³-hybridized carbons (Fsp3) is 0.304. The first-order chi connectivity index (χ1) is 14.1. The highest BCUT2D eigenvalue weighted by atomic mass is 35.5. The summed E-state index contributed by atoms with van der Waals surface area (Å²) in [6.07, 6.45) is 2.63. The summed E-state index contributed by atoms with van der Waals surface area (Å²) in [5, 5.41) is 7.89. The number of halogens is 1. The highest BCUT2D eigenvalue weighted by Gasteiger charge is 2.43. The molecule has 0 bridgehead atoms. The van der Waals surface area contributed by atoms with E-state index in [1.807, 2.05) is 60.7 Å². The second-order valence-electron chi connectivity index (χ2n) is 7.30. The molecule has 4 rings (SSSR count). The molecule has 29 heavy (non-hydrogen) atoms. The molecule has 150 valence electrons. The van der Waals surface area contributed by atoms with Crippen LogP contribution >= 0.6 is 11.6 Å². The molecule has 1 aromatic heterocycles. The van der Waals surface area contributed by atoms with Crippen LogP contribution in [0.5, 0.6) is 0 Å². The maximum absolute atomic E-state index is 13.0. The van der Waals surface area contributed by atoms with Crippen LogP contribution in [0.15, 0.2) is 65.2 Å². The Morgan fingerprint density at radius 1 is 1.14 bits per heavy atom. The van der Waals surface area contributed by atoms with Crippen LogP contribution in [0, 0.1) is 0 Å². The summed E-state index contributed by atoms with van der Waals surface area (Å²) in [6, 6.07) is 19.4. The number of benzene rings is 2. The van der Waals surface area contributed by atoms with Gasteiger partial charge in [0.05, 0.1) is 0 Å². The molecule has 5 nitrogen and oxygen atoms in total. The molecule has 2 aromatic carbocycles. The molecule has 0 radical (unpaired) electrons. The van der Waals surface area contributed by atoms with Gasteiger partial charge < -0.3 is 14.6 Å². The maximum atomic E-state index is 13.0. The molecule has 3 aromatic rings. The summed E-state index contributed by atoms with van der Waals surface area (Å²) in [7, 11) is 0. The van der Waals surface area contributed by atoms with Gasteiger partial charge in [0.15, 0.2) is 5.60 Å². The molecule has 2 heterocycles. The molecular formula is C23H23ClN2O3. The van der Waals surface area contributed by atoms with E-state index in [2.05, 4.69) is 10.5 Å². The third-order valence-electron chi connectivity index (χ3n) is 5.22. The normalized spacial score (nSPS) is 18.7. The number of carbonyl (C=O) groups is 1. The lowest BCUT2D eigenvalue weighted by molar-refractivity contribution is -0.141. The number of hydrogen-bond acceptors (Lipinski definition) is 4. The molecule has 6 heteroatoms. The van der Waals surface area contributed by atoms with Crippen molar-refractivity contribution < 1.29 is 14.1 Å². The summed E-state index contributed by atoms with van der Waals surface area (Å²) in [4.78, 5) is 13.0. The number of amides is 1. The largest absolute Gasteiger partial charge is 0.365 e. The quantitative estimate of drug-likeness (QED) is 0.625. The van der Waals surface area contributed by atoms with Crippen molar-refractivity contribution in [2.24, 2.45) is 0 Å². The smallest absolute Gasteiger partial charge is 0.252 e. The van der Waals surface area contributed by atoms with E-state index in [1.165, 1.54) is 0 Å². The van der Waals surface area contributed by atoms with Gasteiger partial charge >= 0.3 is 0 Å². The van der Waals surface area contributed by atoms with Crippen molar-refractivity contribution in [3.05, 3.63) is 77.0 Å². The predicted molar refractivity (Wildman–Crippen MR) is 112 cm³/mol. The van der Waals surface area contributed by atoms with E-state index >= 15 is 0 Å². The van der Waals surface area contributed by atoms with Gasteiger partial charge in [0.25, 0.3) is 5.91 Å². The summed E-state index contributed by atoms with van der Waals surface area (Å²) in [5.41, 5.74) is 1.97. The Bertz CT molecular complexity index is 948. The number of ether oxygens (including phenoxy) is 1. The summed E-state index contributed by atoms with van der Waals surface area (Å²) in [5.74, 6) is 0.556. The van der Waals surface area contributed by atoms with Gasteiger partial charge in [0, 0.05) is 36.2 Å². The molecule has 0 aliphatic carbocycles. The van der Waals surface area contributed by atoms with Crippen molar-refractivity contribution in [2.45, 2.75) is 31.3 Å². The van der Waals surface area contributed by atoms with Crippen LogP contribution in [-0.4, -0.2) is 29.8 Å². The number of aromatic nitrogens is 1. The molecule has 1 aliphatic rings. The van der Waals surface area contributed by atoms with Gasteiger partial charge in [-0.25, -0.2) is 0 Å². The van der Waals surface area contributed by atoms with Gasteiger partial charge in [-0.1, -0.05) is 59.2 Å². The van der Waals surface area contributed by atoms with E-state index in [9.17, 15) is 4.79 Å². The van der Waals surface area contributed by atoms with Crippen molar-refractivity contribution in [1.29, 1.82) is 0 Å². The zero-order valence-corrected chi connectivity index (χ0v) is 16.8. The first kappa shape index (κ1) is 19.7. The average molecular weight is 411 g/mol. The molecule has 0 spiro atoms. The fourth-order valence-corrected chi connectivity index (χ4v) is 3.78. The first-order valence-corrected chi connectivity index (χ1v) is 10.2. The van der Waals surface area contributed by atoms with Crippen LogP contribution in [0.1, 0.15) is 24.2 Å². The lowest BCUT2D eigenvalue weighted by atomic mass is 9.93. The van der Waals surface area contributed by atoms with Crippen LogP contribution in [0.4, 0.5) is 0 Å². The molecule has 0 saturated carbocycles. The van der Waals surface area contributed by atoms with E-state index in [-0.39, 0.29) is 5.91 Å². The van der Waals surface area contributed by atoms with E-state index < -0.39 is 5.60 Å². The van der Waals surface area contributed by atoms with E-state index in [4.69, 9.17) is 20.9 Å². The molecule has 1 unspecified atom stereocenters. The molecule has 1 N–H and O–H groups in total. The van der Waals surface area contributed by atoms with Gasteiger partial charge in [0.1, 0.15) is 11.5 Å². The molecule has 1 atom stereocenters. The Morgan fingerprint density at radius 3 is 2.66 bits per heavy atom. The first-order valence-electron chi connectivity index (χ1n) is 9.82. The topological polar surface area (TPSA) is 64.4 Å². The highest BCUT2D eigenvalue weighted by molar-refractivity contribution is 6.30. The number of hydrogen-bond donors (Lipinski definition) is 1. The standard InChI is InChI=1S/C23H23ClN2O3/c24-19-9-7-17(8-10-19)11-13-25-22(27)23(12-4-14-28-23)16-20-15-21(26-29-20)18-5-2-1-3-6-18/h1-3,5-10,15H,4,11-14,16H2,(H,25,27). The summed E-state index contributed by atoms with van der Waals surface area (Å²) >= 11 is 5.92. The van der Waals surface area contributed by atoms with Gasteiger partial charge in [-0.2, -0.15) is 0 Å². The number of nitrogens with zero attached hydrogens (tertiary/aromatic N) is 1. The molecule has 1 amide bonds. The molecule has 1 aliphatic heterocycles. The lowest BCUT2D eigenvalue weighted by Crippen LogP contribution is -2.48. The molecule has 1 fully saturated rings. The fourth-order valence-electron chi connectivity index (χ4n) is 3.65. The van der Waals surface area contributed by atoms with Crippen molar-refractivity contribution in [3.63, 3.8) is 0 Å². The third kappa shape index (κ3) is 4.69. The minimum atomic E-state index is -0.895. The zero-order chi connectivity index (χ0) is 20.1. The van der Waals surface area contributed by atoms with Crippen LogP contribution in [0.3, 0.4) is 0 Å². The van der Waals surface area contributed by atoms with Crippen LogP contribution in [-0.2, 0) is 22.4 Å². The lowest BCUT2D eigenvalue weighted by Gasteiger charge is -2.26. The van der Waals surface area contributed by atoms with E-state index in [1.54, 1.807) is 0 Å². The Balaban J connectivity index is 1.40. The molecular weight excluding hydrogens is 388 g/mol. The maximum Gasteiger partial charge on any atom is 0.252 e. The monoisotopic (exact) mass is 410 g/mol. The third-order valence-corrected chi connectivity index (χ3v) is 5.47. The Labute approximate surface area is 175 Å². The second kappa shape index (κ2) is 8.80. The molecule has 1 saturated heterocycles.